The van der Waals surface area contributed by atoms with E-state index in [9.17, 15) is 18.8 Å². The second-order valence-electron chi connectivity index (χ2n) is 9.42. The summed E-state index contributed by atoms with van der Waals surface area (Å²) in [5.74, 6) is -1.37. The predicted molar refractivity (Wildman–Crippen MR) is 137 cm³/mol. The van der Waals surface area contributed by atoms with E-state index in [1.807, 2.05) is 24.3 Å². The van der Waals surface area contributed by atoms with Crippen molar-refractivity contribution in [1.29, 1.82) is 0 Å². The Morgan fingerprint density at radius 1 is 1.03 bits per heavy atom. The topological polar surface area (TPSA) is 93.0 Å². The number of hydrogen-bond acceptors (Lipinski definition) is 6. The number of para-hydroxylation sites is 2. The van der Waals surface area contributed by atoms with Gasteiger partial charge in [0, 0.05) is 24.3 Å². The molecule has 2 atom stereocenters. The largest absolute Gasteiger partial charge is 0.436 e. The molecule has 9 heteroatoms. The first-order valence-electron chi connectivity index (χ1n) is 12.5. The van der Waals surface area contributed by atoms with Gasteiger partial charge < -0.3 is 14.1 Å². The molecule has 1 aromatic heterocycles. The standard InChI is InChI=1S/C29H24FN3O5/c30-20-11-7-19(8-12-20)28(35)32(17-22-4-3-15-37-22)24-16-26(34)33(29(24)36)21-13-9-18(10-14-21)27-31-23-5-1-2-6-25(23)38-27/h1-2,5-14,22,24H,3-4,15-17H2. The number of halogens is 1. The van der Waals surface area contributed by atoms with E-state index in [1.165, 1.54) is 29.2 Å². The number of aromatic nitrogens is 1. The summed E-state index contributed by atoms with van der Waals surface area (Å²) in [5.41, 5.74) is 2.74. The summed E-state index contributed by atoms with van der Waals surface area (Å²) in [7, 11) is 0. The molecule has 3 aromatic carbocycles. The second-order valence-corrected chi connectivity index (χ2v) is 9.42. The van der Waals surface area contributed by atoms with E-state index >= 15 is 0 Å². The summed E-state index contributed by atoms with van der Waals surface area (Å²) in [6, 6.07) is 18.4. The number of nitrogens with zero attached hydrogens (tertiary/aromatic N) is 3. The Morgan fingerprint density at radius 3 is 2.50 bits per heavy atom. The zero-order valence-electron chi connectivity index (χ0n) is 20.4. The van der Waals surface area contributed by atoms with Crippen molar-refractivity contribution in [2.45, 2.75) is 31.4 Å². The van der Waals surface area contributed by atoms with Crippen molar-refractivity contribution in [2.75, 3.05) is 18.1 Å². The molecule has 3 amide bonds. The number of anilines is 1. The van der Waals surface area contributed by atoms with Crippen LogP contribution in [0.5, 0.6) is 0 Å². The molecule has 0 N–H and O–H groups in total. The van der Waals surface area contributed by atoms with E-state index in [2.05, 4.69) is 4.98 Å². The van der Waals surface area contributed by atoms with Crippen LogP contribution in [-0.2, 0) is 14.3 Å². The van der Waals surface area contributed by atoms with Gasteiger partial charge in [-0.1, -0.05) is 12.1 Å². The third-order valence-electron chi connectivity index (χ3n) is 6.94. The van der Waals surface area contributed by atoms with Crippen molar-refractivity contribution < 1.29 is 27.9 Å². The molecule has 6 rings (SSSR count). The Kier molecular flexibility index (Phi) is 6.21. The van der Waals surface area contributed by atoms with Gasteiger partial charge in [-0.25, -0.2) is 14.3 Å². The van der Waals surface area contributed by atoms with E-state index in [0.717, 1.165) is 23.3 Å². The highest BCUT2D eigenvalue weighted by Crippen LogP contribution is 2.31. The number of fused-ring (bicyclic) bond motifs is 1. The third kappa shape index (κ3) is 4.45. The second kappa shape index (κ2) is 9.83. The molecule has 2 aliphatic heterocycles. The van der Waals surface area contributed by atoms with Crippen molar-refractivity contribution in [3.8, 4) is 11.5 Å². The number of oxazole rings is 1. The fourth-order valence-corrected chi connectivity index (χ4v) is 5.00. The lowest BCUT2D eigenvalue weighted by Crippen LogP contribution is -2.48. The van der Waals surface area contributed by atoms with Crippen LogP contribution in [0.3, 0.4) is 0 Å². The van der Waals surface area contributed by atoms with Gasteiger partial charge in [-0.15, -0.1) is 0 Å². The van der Waals surface area contributed by atoms with Gasteiger partial charge in [-0.2, -0.15) is 0 Å². The van der Waals surface area contributed by atoms with E-state index < -0.39 is 29.6 Å². The molecule has 192 valence electrons. The van der Waals surface area contributed by atoms with Crippen molar-refractivity contribution in [3.63, 3.8) is 0 Å². The smallest absolute Gasteiger partial charge is 0.257 e. The highest BCUT2D eigenvalue weighted by atomic mass is 19.1. The fourth-order valence-electron chi connectivity index (χ4n) is 5.00. The highest BCUT2D eigenvalue weighted by molar-refractivity contribution is 6.23. The molecular weight excluding hydrogens is 489 g/mol. The van der Waals surface area contributed by atoms with Crippen molar-refractivity contribution >= 4 is 34.5 Å². The van der Waals surface area contributed by atoms with Crippen LogP contribution >= 0.6 is 0 Å². The zero-order valence-corrected chi connectivity index (χ0v) is 20.4. The number of ether oxygens (including phenoxy) is 1. The lowest BCUT2D eigenvalue weighted by Gasteiger charge is -2.30. The van der Waals surface area contributed by atoms with Crippen LogP contribution in [0.4, 0.5) is 10.1 Å². The first-order valence-corrected chi connectivity index (χ1v) is 12.5. The molecule has 0 radical (unpaired) electrons. The molecule has 0 aliphatic carbocycles. The van der Waals surface area contributed by atoms with E-state index in [4.69, 9.17) is 9.15 Å². The molecule has 2 saturated heterocycles. The van der Waals surface area contributed by atoms with Gasteiger partial charge in [-0.3, -0.25) is 14.4 Å². The number of hydrogen-bond donors (Lipinski definition) is 0. The van der Waals surface area contributed by atoms with E-state index in [1.54, 1.807) is 24.3 Å². The quantitative estimate of drug-likeness (QED) is 0.350. The summed E-state index contributed by atoms with van der Waals surface area (Å²) in [5, 5.41) is 0. The molecule has 38 heavy (non-hydrogen) atoms. The van der Waals surface area contributed by atoms with E-state index in [0.29, 0.717) is 29.3 Å². The minimum absolute atomic E-state index is 0.147. The van der Waals surface area contributed by atoms with Crippen molar-refractivity contribution in [2.24, 2.45) is 0 Å². The van der Waals surface area contributed by atoms with Gasteiger partial charge in [-0.05, 0) is 73.5 Å². The van der Waals surface area contributed by atoms with Crippen LogP contribution in [0, 0.1) is 5.82 Å². The average molecular weight is 514 g/mol. The predicted octanol–water partition coefficient (Wildman–Crippen LogP) is 4.59. The first-order chi connectivity index (χ1) is 18.5. The first kappa shape index (κ1) is 24.0. The van der Waals surface area contributed by atoms with Gasteiger partial charge in [0.05, 0.1) is 18.2 Å². The van der Waals surface area contributed by atoms with Crippen LogP contribution in [-0.4, -0.2) is 52.9 Å². The third-order valence-corrected chi connectivity index (χ3v) is 6.94. The van der Waals surface area contributed by atoms with Crippen LogP contribution in [0.2, 0.25) is 0 Å². The molecule has 0 saturated carbocycles. The number of carbonyl (C=O) groups is 3. The highest BCUT2D eigenvalue weighted by Gasteiger charge is 2.45. The minimum Gasteiger partial charge on any atom is -0.436 e. The van der Waals surface area contributed by atoms with Crippen molar-refractivity contribution in [3.05, 3.63) is 84.2 Å². The lowest BCUT2D eigenvalue weighted by molar-refractivity contribution is -0.122. The van der Waals surface area contributed by atoms with Crippen LogP contribution in [0.15, 0.2) is 77.2 Å². The Balaban J connectivity index is 1.26. The lowest BCUT2D eigenvalue weighted by atomic mass is 10.1. The SMILES string of the molecule is O=C1CC(N(CC2CCCO2)C(=O)c2ccc(F)cc2)C(=O)N1c1ccc(-c2nc3ccccc3o2)cc1. The van der Waals surface area contributed by atoms with Crippen LogP contribution in [0.25, 0.3) is 22.6 Å². The van der Waals surface area contributed by atoms with Crippen LogP contribution in [0.1, 0.15) is 29.6 Å². The molecule has 2 unspecified atom stereocenters. The Morgan fingerprint density at radius 2 is 1.79 bits per heavy atom. The monoisotopic (exact) mass is 513 g/mol. The maximum Gasteiger partial charge on any atom is 0.257 e. The van der Waals surface area contributed by atoms with Gasteiger partial charge in [0.15, 0.2) is 5.58 Å². The normalized spacial score (nSPS) is 19.4. The summed E-state index contributed by atoms with van der Waals surface area (Å²) >= 11 is 0. The summed E-state index contributed by atoms with van der Waals surface area (Å²) in [6.07, 6.45) is 1.24. The summed E-state index contributed by atoms with van der Waals surface area (Å²) in [4.78, 5) is 47.1. The zero-order chi connectivity index (χ0) is 26.2. The molecule has 2 fully saturated rings. The average Bonchev–Trinajstić information content (AvgIpc) is 3.67. The number of carbonyl (C=O) groups excluding carboxylic acids is 3. The summed E-state index contributed by atoms with van der Waals surface area (Å²) in [6.45, 7) is 0.754. The van der Waals surface area contributed by atoms with Gasteiger partial charge in [0.25, 0.3) is 11.8 Å². The number of rotatable bonds is 6. The maximum atomic E-state index is 13.6. The van der Waals surface area contributed by atoms with Crippen molar-refractivity contribution in [1.82, 2.24) is 9.88 Å². The molecule has 3 heterocycles. The van der Waals surface area contributed by atoms with Gasteiger partial charge in [0.1, 0.15) is 17.4 Å². The Bertz CT molecular complexity index is 1480. The minimum atomic E-state index is -0.985. The fraction of sp³-hybridized carbons (Fsp3) is 0.241. The number of benzene rings is 3. The van der Waals surface area contributed by atoms with Crippen LogP contribution < -0.4 is 4.90 Å². The molecular formula is C29H24FN3O5. The van der Waals surface area contributed by atoms with Gasteiger partial charge in [0.2, 0.25) is 11.8 Å². The molecule has 2 aliphatic rings. The molecule has 0 bridgehead atoms. The number of imide groups is 1. The number of amides is 3. The molecule has 4 aromatic rings. The van der Waals surface area contributed by atoms with E-state index in [-0.39, 0.29) is 24.6 Å². The maximum absolute atomic E-state index is 13.6. The Hall–Kier alpha value is -4.37. The van der Waals surface area contributed by atoms with Gasteiger partial charge >= 0.3 is 0 Å². The summed E-state index contributed by atoms with van der Waals surface area (Å²) < 4.78 is 25.0. The molecule has 0 spiro atoms. The molecule has 8 nitrogen and oxygen atoms in total. The Labute approximate surface area is 217 Å².